The van der Waals surface area contributed by atoms with Crippen LogP contribution in [-0.2, 0) is 0 Å². The third-order valence-electron chi connectivity index (χ3n) is 3.90. The number of hydrogen-bond acceptors (Lipinski definition) is 3. The van der Waals surface area contributed by atoms with E-state index in [0.717, 1.165) is 16.2 Å². The van der Waals surface area contributed by atoms with E-state index >= 15 is 0 Å². The lowest BCUT2D eigenvalue weighted by Gasteiger charge is -2.01. The first-order valence-electron chi connectivity index (χ1n) is 7.68. The van der Waals surface area contributed by atoms with Crippen LogP contribution in [0.2, 0.25) is 0 Å². The van der Waals surface area contributed by atoms with E-state index < -0.39 is 5.97 Å². The van der Waals surface area contributed by atoms with Gasteiger partial charge in [0.1, 0.15) is 0 Å². The molecule has 3 N–H and O–H groups in total. The fourth-order valence-electron chi connectivity index (χ4n) is 2.66. The van der Waals surface area contributed by atoms with Crippen molar-refractivity contribution in [3.8, 4) is 11.5 Å². The normalized spacial score (nSPS) is 10.2. The molecule has 124 valence electrons. The maximum atomic E-state index is 10.8. The van der Waals surface area contributed by atoms with Crippen LogP contribution in [0.25, 0.3) is 21.5 Å². The number of aromatic hydroxyl groups is 2. The molecule has 0 aliphatic carbocycles. The number of phenolic OH excluding ortho intramolecular Hbond substituents is 2. The Hall–Kier alpha value is -3.53. The molecule has 0 fully saturated rings. The molecule has 0 radical (unpaired) electrons. The van der Waals surface area contributed by atoms with Gasteiger partial charge in [0.2, 0.25) is 0 Å². The van der Waals surface area contributed by atoms with Crippen LogP contribution in [0.15, 0.2) is 78.9 Å². The molecule has 0 saturated heterocycles. The first-order valence-corrected chi connectivity index (χ1v) is 7.68. The summed E-state index contributed by atoms with van der Waals surface area (Å²) in [6, 6.07) is 23.3. The predicted molar refractivity (Wildman–Crippen MR) is 98.2 cm³/mol. The quantitative estimate of drug-likeness (QED) is 0.438. The van der Waals surface area contributed by atoms with Crippen molar-refractivity contribution >= 4 is 27.5 Å². The maximum Gasteiger partial charge on any atom is 0.336 e. The van der Waals surface area contributed by atoms with E-state index in [9.17, 15) is 9.90 Å². The summed E-state index contributed by atoms with van der Waals surface area (Å²) in [6.45, 7) is 0. The Kier molecular flexibility index (Phi) is 4.53. The topological polar surface area (TPSA) is 77.8 Å². The third-order valence-corrected chi connectivity index (χ3v) is 3.90. The minimum absolute atomic E-state index is 0.0481. The summed E-state index contributed by atoms with van der Waals surface area (Å²) < 4.78 is 0. The van der Waals surface area contributed by atoms with Gasteiger partial charge in [-0.05, 0) is 28.3 Å². The summed E-state index contributed by atoms with van der Waals surface area (Å²) in [5, 5.41) is 30.8. The summed E-state index contributed by atoms with van der Waals surface area (Å²) in [4.78, 5) is 10.8. The minimum atomic E-state index is -0.878. The molecular formula is C21H16O4. The van der Waals surface area contributed by atoms with Crippen molar-refractivity contribution in [1.82, 2.24) is 0 Å². The predicted octanol–water partition coefficient (Wildman–Crippen LogP) is 4.79. The highest BCUT2D eigenvalue weighted by Crippen LogP contribution is 2.32. The Morgan fingerprint density at radius 3 is 1.88 bits per heavy atom. The number of carboxylic acid groups (broad SMARTS) is 1. The van der Waals surface area contributed by atoms with Crippen LogP contribution in [0.1, 0.15) is 10.4 Å². The molecule has 4 rings (SSSR count). The molecule has 0 bridgehead atoms. The van der Waals surface area contributed by atoms with E-state index in [-0.39, 0.29) is 11.5 Å². The van der Waals surface area contributed by atoms with Crippen LogP contribution in [0.5, 0.6) is 11.5 Å². The van der Waals surface area contributed by atoms with Gasteiger partial charge in [0.05, 0.1) is 5.56 Å². The smallest absolute Gasteiger partial charge is 0.336 e. The monoisotopic (exact) mass is 332 g/mol. The molecule has 0 saturated carbocycles. The van der Waals surface area contributed by atoms with Gasteiger partial charge in [0, 0.05) is 5.39 Å². The van der Waals surface area contributed by atoms with Gasteiger partial charge in [-0.1, -0.05) is 66.7 Å². The number of carboxylic acids is 1. The highest BCUT2D eigenvalue weighted by molar-refractivity contribution is 6.03. The summed E-state index contributed by atoms with van der Waals surface area (Å²) in [6.07, 6.45) is 0. The van der Waals surface area contributed by atoms with Gasteiger partial charge in [-0.15, -0.1) is 0 Å². The summed E-state index contributed by atoms with van der Waals surface area (Å²) in [5.74, 6) is -1.00. The Morgan fingerprint density at radius 2 is 1.20 bits per heavy atom. The average molecular weight is 332 g/mol. The van der Waals surface area contributed by atoms with Crippen LogP contribution >= 0.6 is 0 Å². The van der Waals surface area contributed by atoms with Crippen LogP contribution in [0.4, 0.5) is 0 Å². The third kappa shape index (κ3) is 3.38. The molecule has 0 atom stereocenters. The second-order valence-corrected chi connectivity index (χ2v) is 5.49. The molecule has 0 aliphatic heterocycles. The van der Waals surface area contributed by atoms with Gasteiger partial charge in [-0.3, -0.25) is 0 Å². The van der Waals surface area contributed by atoms with Gasteiger partial charge in [-0.25, -0.2) is 4.79 Å². The highest BCUT2D eigenvalue weighted by atomic mass is 16.4. The summed E-state index contributed by atoms with van der Waals surface area (Å²) >= 11 is 0. The lowest BCUT2D eigenvalue weighted by Crippen LogP contribution is -1.96. The van der Waals surface area contributed by atoms with Crippen molar-refractivity contribution in [3.05, 3.63) is 84.4 Å². The fourth-order valence-corrected chi connectivity index (χ4v) is 2.66. The first kappa shape index (κ1) is 16.3. The lowest BCUT2D eigenvalue weighted by atomic mass is 10.1. The number of carbonyl (C=O) groups is 1. The zero-order valence-electron chi connectivity index (χ0n) is 13.3. The van der Waals surface area contributed by atoms with Gasteiger partial charge in [0.25, 0.3) is 0 Å². The molecule has 0 heterocycles. The number of benzene rings is 4. The molecule has 4 heteroatoms. The largest absolute Gasteiger partial charge is 0.504 e. The Labute approximate surface area is 144 Å². The van der Waals surface area contributed by atoms with E-state index in [4.69, 9.17) is 10.2 Å². The molecule has 4 aromatic rings. The van der Waals surface area contributed by atoms with E-state index in [1.807, 2.05) is 48.5 Å². The van der Waals surface area contributed by atoms with Gasteiger partial charge in [0.15, 0.2) is 11.5 Å². The maximum absolute atomic E-state index is 10.8. The van der Waals surface area contributed by atoms with E-state index in [2.05, 4.69) is 0 Å². The van der Waals surface area contributed by atoms with Crippen molar-refractivity contribution in [2.45, 2.75) is 0 Å². The van der Waals surface area contributed by atoms with E-state index in [1.165, 1.54) is 6.07 Å². The summed E-state index contributed by atoms with van der Waals surface area (Å²) in [5.41, 5.74) is 0.359. The van der Waals surface area contributed by atoms with Gasteiger partial charge >= 0.3 is 5.97 Å². The van der Waals surface area contributed by atoms with Crippen molar-refractivity contribution in [2.75, 3.05) is 0 Å². The number of rotatable bonds is 1. The van der Waals surface area contributed by atoms with E-state index in [0.29, 0.717) is 10.9 Å². The van der Waals surface area contributed by atoms with Crippen molar-refractivity contribution in [2.24, 2.45) is 0 Å². The molecular weight excluding hydrogens is 316 g/mol. The van der Waals surface area contributed by atoms with Gasteiger partial charge in [-0.2, -0.15) is 0 Å². The zero-order valence-corrected chi connectivity index (χ0v) is 13.3. The Morgan fingerprint density at radius 1 is 0.640 bits per heavy atom. The van der Waals surface area contributed by atoms with Gasteiger partial charge < -0.3 is 15.3 Å². The second-order valence-electron chi connectivity index (χ2n) is 5.49. The van der Waals surface area contributed by atoms with Crippen molar-refractivity contribution < 1.29 is 20.1 Å². The number of hydrogen-bond donors (Lipinski definition) is 3. The Balaban J connectivity index is 0.000000146. The standard InChI is InChI=1S/C11H8O2.C10H8O2/c12-11(13)10-7-3-5-8-4-1-2-6-9(8)10;11-9-6-5-7-3-1-2-4-8(7)10(9)12/h1-7H,(H,12,13);1-6,11-12H. The number of aromatic carboxylic acids is 1. The molecule has 0 aliphatic rings. The molecule has 0 aromatic heterocycles. The van der Waals surface area contributed by atoms with Crippen molar-refractivity contribution in [1.29, 1.82) is 0 Å². The zero-order chi connectivity index (χ0) is 17.8. The highest BCUT2D eigenvalue weighted by Gasteiger charge is 2.06. The second kappa shape index (κ2) is 6.93. The molecule has 4 aromatic carbocycles. The summed E-state index contributed by atoms with van der Waals surface area (Å²) in [7, 11) is 0. The molecule has 4 nitrogen and oxygen atoms in total. The average Bonchev–Trinajstić information content (AvgIpc) is 2.65. The van der Waals surface area contributed by atoms with Crippen molar-refractivity contribution in [3.63, 3.8) is 0 Å². The molecule has 0 spiro atoms. The molecule has 25 heavy (non-hydrogen) atoms. The SMILES string of the molecule is O=C(O)c1cccc2ccccc12.Oc1ccc2ccccc2c1O. The van der Waals surface area contributed by atoms with Crippen LogP contribution < -0.4 is 0 Å². The lowest BCUT2D eigenvalue weighted by molar-refractivity contribution is 0.0699. The van der Waals surface area contributed by atoms with Crippen LogP contribution in [0, 0.1) is 0 Å². The minimum Gasteiger partial charge on any atom is -0.504 e. The van der Waals surface area contributed by atoms with Crippen LogP contribution in [0.3, 0.4) is 0 Å². The number of phenols is 2. The number of fused-ring (bicyclic) bond motifs is 2. The fraction of sp³-hybridized carbons (Fsp3) is 0. The van der Waals surface area contributed by atoms with E-state index in [1.54, 1.807) is 24.3 Å². The first-order chi connectivity index (χ1) is 12.1. The molecule has 0 unspecified atom stereocenters. The molecule has 0 amide bonds. The van der Waals surface area contributed by atoms with Crippen LogP contribution in [-0.4, -0.2) is 21.3 Å². The Bertz CT molecular complexity index is 1050.